The molecule has 0 bridgehead atoms. The number of nitrogens with zero attached hydrogens (tertiary/aromatic N) is 3. The molecule has 1 aromatic heterocycles. The number of hydrogen-bond donors (Lipinski definition) is 0. The lowest BCUT2D eigenvalue weighted by Crippen LogP contribution is -2.28. The maximum Gasteiger partial charge on any atom is 0.123 e. The van der Waals surface area contributed by atoms with Gasteiger partial charge in [0.1, 0.15) is 5.75 Å². The first kappa shape index (κ1) is 17.9. The molecule has 134 valence electrons. The first-order valence-corrected chi connectivity index (χ1v) is 9.25. The van der Waals surface area contributed by atoms with E-state index in [2.05, 4.69) is 52.2 Å². The summed E-state index contributed by atoms with van der Waals surface area (Å²) >= 11 is 0. The van der Waals surface area contributed by atoms with Crippen molar-refractivity contribution in [2.75, 3.05) is 33.3 Å². The van der Waals surface area contributed by atoms with Crippen LogP contribution in [-0.2, 0) is 13.1 Å². The Morgan fingerprint density at radius 2 is 2.12 bits per heavy atom. The number of ether oxygens (including phenoxy) is 1. The molecule has 0 radical (unpaired) electrons. The van der Waals surface area contributed by atoms with Gasteiger partial charge in [0.05, 0.1) is 6.61 Å². The zero-order chi connectivity index (χ0) is 17.5. The third-order valence-electron chi connectivity index (χ3n) is 4.78. The Hall–Kier alpha value is -1.91. The van der Waals surface area contributed by atoms with Crippen LogP contribution in [0.25, 0.3) is 0 Å². The van der Waals surface area contributed by atoms with Crippen LogP contribution in [-0.4, -0.2) is 48.1 Å². The van der Waals surface area contributed by atoms with Gasteiger partial charge in [-0.25, -0.2) is 0 Å². The minimum Gasteiger partial charge on any atom is -0.494 e. The second-order valence-electron chi connectivity index (χ2n) is 6.99. The smallest absolute Gasteiger partial charge is 0.123 e. The van der Waals surface area contributed by atoms with E-state index in [0.29, 0.717) is 0 Å². The average Bonchev–Trinajstić information content (AvgIpc) is 3.04. The molecule has 0 saturated carbocycles. The maximum absolute atomic E-state index is 5.76. The second kappa shape index (κ2) is 8.97. The highest BCUT2D eigenvalue weighted by Gasteiger charge is 2.24. The molecule has 1 atom stereocenters. The van der Waals surface area contributed by atoms with Crippen LogP contribution in [0.2, 0.25) is 0 Å². The fourth-order valence-corrected chi connectivity index (χ4v) is 3.69. The zero-order valence-electron chi connectivity index (χ0n) is 15.4. The van der Waals surface area contributed by atoms with Gasteiger partial charge in [-0.1, -0.05) is 24.3 Å². The van der Waals surface area contributed by atoms with E-state index in [1.165, 1.54) is 24.1 Å². The molecule has 4 heteroatoms. The number of aromatic nitrogens is 1. The molecule has 0 spiro atoms. The summed E-state index contributed by atoms with van der Waals surface area (Å²) in [6.07, 6.45) is 5.06. The van der Waals surface area contributed by atoms with Gasteiger partial charge in [-0.3, -0.25) is 9.88 Å². The molecule has 3 rings (SSSR count). The van der Waals surface area contributed by atoms with Gasteiger partial charge in [-0.2, -0.15) is 0 Å². The minimum atomic E-state index is 0.721. The van der Waals surface area contributed by atoms with E-state index < -0.39 is 0 Å². The van der Waals surface area contributed by atoms with Crippen molar-refractivity contribution in [3.05, 3.63) is 59.9 Å². The van der Waals surface area contributed by atoms with E-state index in [-0.39, 0.29) is 0 Å². The summed E-state index contributed by atoms with van der Waals surface area (Å²) < 4.78 is 5.76. The lowest BCUT2D eigenvalue weighted by Gasteiger charge is -2.22. The van der Waals surface area contributed by atoms with Crippen LogP contribution in [0.4, 0.5) is 0 Å². The molecule has 25 heavy (non-hydrogen) atoms. The van der Waals surface area contributed by atoms with E-state index in [4.69, 9.17) is 4.74 Å². The third kappa shape index (κ3) is 5.28. The number of benzene rings is 1. The lowest BCUT2D eigenvalue weighted by molar-refractivity contribution is 0.252. The highest BCUT2D eigenvalue weighted by molar-refractivity contribution is 5.33. The van der Waals surface area contributed by atoms with Gasteiger partial charge in [-0.05, 0) is 50.6 Å². The maximum atomic E-state index is 5.76. The van der Waals surface area contributed by atoms with Crippen molar-refractivity contribution in [2.45, 2.75) is 26.4 Å². The molecule has 1 fully saturated rings. The first-order chi connectivity index (χ1) is 12.2. The Balaban J connectivity index is 1.49. The Morgan fingerprint density at radius 1 is 1.24 bits per heavy atom. The molecule has 4 nitrogen and oxygen atoms in total. The number of pyridine rings is 1. The molecule has 0 amide bonds. The van der Waals surface area contributed by atoms with E-state index in [1.807, 2.05) is 25.4 Å². The van der Waals surface area contributed by atoms with Crippen molar-refractivity contribution in [2.24, 2.45) is 5.92 Å². The molecule has 1 aliphatic heterocycles. The fourth-order valence-electron chi connectivity index (χ4n) is 3.69. The van der Waals surface area contributed by atoms with Gasteiger partial charge < -0.3 is 9.64 Å². The quantitative estimate of drug-likeness (QED) is 0.737. The molecule has 0 unspecified atom stereocenters. The summed E-state index contributed by atoms with van der Waals surface area (Å²) in [7, 11) is 2.21. The summed E-state index contributed by atoms with van der Waals surface area (Å²) in [6.45, 7) is 8.19. The van der Waals surface area contributed by atoms with Crippen LogP contribution >= 0.6 is 0 Å². The van der Waals surface area contributed by atoms with E-state index in [0.717, 1.165) is 44.5 Å². The second-order valence-corrected chi connectivity index (χ2v) is 6.99. The number of likely N-dealkylation sites (tertiary alicyclic amines) is 1. The third-order valence-corrected chi connectivity index (χ3v) is 4.78. The summed E-state index contributed by atoms with van der Waals surface area (Å²) in [5.41, 5.74) is 2.58. The van der Waals surface area contributed by atoms with Crippen LogP contribution in [0.5, 0.6) is 5.75 Å². The van der Waals surface area contributed by atoms with Gasteiger partial charge in [-0.15, -0.1) is 0 Å². The normalized spacial score (nSPS) is 18.0. The molecule has 0 N–H and O–H groups in total. The van der Waals surface area contributed by atoms with Crippen LogP contribution in [0.3, 0.4) is 0 Å². The van der Waals surface area contributed by atoms with Gasteiger partial charge in [0.2, 0.25) is 0 Å². The molecular weight excluding hydrogens is 310 g/mol. The van der Waals surface area contributed by atoms with Crippen molar-refractivity contribution in [3.63, 3.8) is 0 Å². The van der Waals surface area contributed by atoms with Crippen molar-refractivity contribution in [1.82, 2.24) is 14.8 Å². The Bertz CT molecular complexity index is 647. The predicted octanol–water partition coefficient (Wildman–Crippen LogP) is 3.43. The van der Waals surface area contributed by atoms with Gasteiger partial charge >= 0.3 is 0 Å². The van der Waals surface area contributed by atoms with Crippen LogP contribution in [0.1, 0.15) is 24.5 Å². The predicted molar refractivity (Wildman–Crippen MR) is 102 cm³/mol. The summed E-state index contributed by atoms with van der Waals surface area (Å²) in [4.78, 5) is 9.18. The van der Waals surface area contributed by atoms with Gasteiger partial charge in [0.25, 0.3) is 0 Å². The van der Waals surface area contributed by atoms with Crippen molar-refractivity contribution in [3.8, 4) is 5.75 Å². The number of rotatable bonds is 8. The first-order valence-electron chi connectivity index (χ1n) is 9.25. The Labute approximate surface area is 151 Å². The lowest BCUT2D eigenvalue weighted by atomic mass is 10.1. The van der Waals surface area contributed by atoms with Crippen molar-refractivity contribution >= 4 is 0 Å². The topological polar surface area (TPSA) is 28.6 Å². The van der Waals surface area contributed by atoms with Crippen molar-refractivity contribution < 1.29 is 4.74 Å². The van der Waals surface area contributed by atoms with Crippen LogP contribution in [0, 0.1) is 5.92 Å². The van der Waals surface area contributed by atoms with Crippen molar-refractivity contribution in [1.29, 1.82) is 0 Å². The summed E-state index contributed by atoms with van der Waals surface area (Å²) in [5.74, 6) is 1.77. The number of para-hydroxylation sites is 1. The minimum absolute atomic E-state index is 0.721. The van der Waals surface area contributed by atoms with E-state index >= 15 is 0 Å². The van der Waals surface area contributed by atoms with Gasteiger partial charge in [0.15, 0.2) is 0 Å². The Morgan fingerprint density at radius 3 is 2.92 bits per heavy atom. The summed E-state index contributed by atoms with van der Waals surface area (Å²) in [6, 6.07) is 12.6. The van der Waals surface area contributed by atoms with Crippen LogP contribution < -0.4 is 4.74 Å². The number of hydrogen-bond acceptors (Lipinski definition) is 4. The molecule has 1 saturated heterocycles. The highest BCUT2D eigenvalue weighted by Crippen LogP contribution is 2.24. The van der Waals surface area contributed by atoms with Gasteiger partial charge in [0, 0.05) is 44.1 Å². The molecular formula is C21H29N3O. The van der Waals surface area contributed by atoms with Crippen LogP contribution in [0.15, 0.2) is 48.8 Å². The zero-order valence-corrected chi connectivity index (χ0v) is 15.4. The molecule has 1 aliphatic rings. The van der Waals surface area contributed by atoms with E-state index in [1.54, 1.807) is 0 Å². The molecule has 0 aliphatic carbocycles. The summed E-state index contributed by atoms with van der Waals surface area (Å²) in [5, 5.41) is 0. The van der Waals surface area contributed by atoms with E-state index in [9.17, 15) is 0 Å². The largest absolute Gasteiger partial charge is 0.494 e. The SMILES string of the molecule is CCOc1ccccc1CN1CC[C@H](CN(C)Cc2cccnc2)C1. The fraction of sp³-hybridized carbons (Fsp3) is 0.476. The Kier molecular flexibility index (Phi) is 6.42. The highest BCUT2D eigenvalue weighted by atomic mass is 16.5. The standard InChI is InChI=1S/C21H29N3O/c1-3-25-21-9-5-4-8-20(21)17-24-12-10-19(16-24)15-23(2)14-18-7-6-11-22-13-18/h4-9,11,13,19H,3,10,12,14-17H2,1-2H3/t19-/m1/s1. The molecule has 2 heterocycles. The monoisotopic (exact) mass is 339 g/mol. The molecule has 1 aromatic carbocycles. The average molecular weight is 339 g/mol. The molecule has 2 aromatic rings.